The average Bonchev–Trinajstić information content (AvgIpc) is 3.46. The van der Waals surface area contributed by atoms with Crippen LogP contribution in [0.3, 0.4) is 0 Å². The van der Waals surface area contributed by atoms with Crippen LogP contribution in [0, 0.1) is 0 Å². The van der Waals surface area contributed by atoms with Crippen molar-refractivity contribution in [3.05, 3.63) is 42.3 Å². The van der Waals surface area contributed by atoms with Gasteiger partial charge in [0.2, 0.25) is 0 Å². The summed E-state index contributed by atoms with van der Waals surface area (Å²) in [6, 6.07) is 5.23. The van der Waals surface area contributed by atoms with Crippen molar-refractivity contribution in [3.63, 3.8) is 0 Å². The first-order chi connectivity index (χ1) is 13.5. The molecule has 4 aromatic heterocycles. The molecule has 1 aliphatic rings. The number of nitrogens with zero attached hydrogens (tertiary/aromatic N) is 5. The van der Waals surface area contributed by atoms with E-state index in [1.807, 2.05) is 0 Å². The van der Waals surface area contributed by atoms with Gasteiger partial charge in [-0.05, 0) is 31.0 Å². The Kier molecular flexibility index (Phi) is 3.56. The Balaban J connectivity index is 1.70. The van der Waals surface area contributed by atoms with Crippen LogP contribution in [0.15, 0.2) is 39.7 Å². The monoisotopic (exact) mass is 379 g/mol. The Morgan fingerprint density at radius 3 is 2.79 bits per heavy atom. The summed E-state index contributed by atoms with van der Waals surface area (Å²) in [5, 5.41) is 4.11. The summed E-state index contributed by atoms with van der Waals surface area (Å²) < 4.78 is 12.5. The van der Waals surface area contributed by atoms with Crippen LogP contribution in [-0.2, 0) is 5.54 Å². The first-order valence-electron chi connectivity index (χ1n) is 8.90. The van der Waals surface area contributed by atoms with Crippen molar-refractivity contribution in [1.82, 2.24) is 24.5 Å². The average molecular weight is 379 g/mol. The predicted molar refractivity (Wildman–Crippen MR) is 96.8 cm³/mol. The van der Waals surface area contributed by atoms with E-state index in [9.17, 15) is 4.79 Å². The van der Waals surface area contributed by atoms with Gasteiger partial charge in [-0.3, -0.25) is 9.20 Å². The van der Waals surface area contributed by atoms with E-state index in [-0.39, 0.29) is 17.2 Å². The molecule has 1 saturated carbocycles. The van der Waals surface area contributed by atoms with Gasteiger partial charge in [-0.25, -0.2) is 9.97 Å². The van der Waals surface area contributed by atoms with Gasteiger partial charge >= 0.3 is 0 Å². The fourth-order valence-corrected chi connectivity index (χ4v) is 3.62. The van der Waals surface area contributed by atoms with Crippen LogP contribution < -0.4 is 11.5 Å². The van der Waals surface area contributed by atoms with Crippen molar-refractivity contribution < 1.29 is 13.7 Å². The van der Waals surface area contributed by atoms with Crippen molar-refractivity contribution in [1.29, 1.82) is 0 Å². The molecule has 0 atom stereocenters. The molecule has 1 aliphatic carbocycles. The van der Waals surface area contributed by atoms with E-state index in [4.69, 9.17) is 20.4 Å². The molecule has 1 amide bonds. The lowest BCUT2D eigenvalue weighted by molar-refractivity contribution is 0.0997. The van der Waals surface area contributed by atoms with Gasteiger partial charge < -0.3 is 20.4 Å². The number of nitrogens with two attached hydrogens (primary N) is 2. The molecule has 5 rings (SSSR count). The molecular formula is C18H17N7O3. The number of rotatable bonds is 4. The third kappa shape index (κ3) is 2.49. The number of hydrogen-bond donors (Lipinski definition) is 2. The van der Waals surface area contributed by atoms with Crippen LogP contribution in [0.2, 0.25) is 0 Å². The zero-order chi connectivity index (χ0) is 19.3. The lowest BCUT2D eigenvalue weighted by atomic mass is 9.99. The lowest BCUT2D eigenvalue weighted by Gasteiger charge is -2.17. The van der Waals surface area contributed by atoms with Crippen molar-refractivity contribution in [2.75, 3.05) is 0 Å². The van der Waals surface area contributed by atoms with Crippen molar-refractivity contribution in [2.24, 2.45) is 11.5 Å². The number of amides is 1. The maximum atomic E-state index is 11.8. The minimum atomic E-state index is -0.685. The summed E-state index contributed by atoms with van der Waals surface area (Å²) in [7, 11) is 0. The second-order valence-corrected chi connectivity index (χ2v) is 6.94. The smallest absolute Gasteiger partial charge is 0.275 e. The van der Waals surface area contributed by atoms with Gasteiger partial charge in [-0.1, -0.05) is 18.0 Å². The highest BCUT2D eigenvalue weighted by Gasteiger charge is 2.36. The van der Waals surface area contributed by atoms with E-state index in [0.29, 0.717) is 23.0 Å². The summed E-state index contributed by atoms with van der Waals surface area (Å²) in [5.74, 6) is 0.557. The van der Waals surface area contributed by atoms with Gasteiger partial charge in [-0.2, -0.15) is 4.98 Å². The van der Waals surface area contributed by atoms with Gasteiger partial charge in [0.1, 0.15) is 17.7 Å². The highest BCUT2D eigenvalue weighted by Crippen LogP contribution is 2.36. The first kappa shape index (κ1) is 16.6. The molecular weight excluding hydrogens is 362 g/mol. The molecule has 0 unspecified atom stereocenters. The molecule has 0 aromatic carbocycles. The highest BCUT2D eigenvalue weighted by molar-refractivity contribution is 5.97. The SMILES string of the molecule is NC(=O)c1ncn2c(-c3nc(C4(N)CCCC4)no3)cc(-c3ccco3)nc12. The van der Waals surface area contributed by atoms with Crippen LogP contribution in [0.1, 0.15) is 42.0 Å². The molecule has 10 nitrogen and oxygen atoms in total. The molecule has 4 aromatic rings. The number of aromatic nitrogens is 5. The van der Waals surface area contributed by atoms with Gasteiger partial charge in [0.15, 0.2) is 22.9 Å². The van der Waals surface area contributed by atoms with Gasteiger partial charge in [-0.15, -0.1) is 0 Å². The second kappa shape index (κ2) is 5.99. The van der Waals surface area contributed by atoms with Gasteiger partial charge in [0.05, 0.1) is 11.8 Å². The van der Waals surface area contributed by atoms with Crippen molar-refractivity contribution >= 4 is 11.6 Å². The van der Waals surface area contributed by atoms with E-state index >= 15 is 0 Å². The molecule has 0 bridgehead atoms. The number of carbonyl (C=O) groups is 1. The summed E-state index contributed by atoms with van der Waals surface area (Å²) in [6.45, 7) is 0. The van der Waals surface area contributed by atoms with Gasteiger partial charge in [0.25, 0.3) is 11.8 Å². The number of imidazole rings is 1. The molecule has 0 aliphatic heterocycles. The third-order valence-corrected chi connectivity index (χ3v) is 5.09. The van der Waals surface area contributed by atoms with Crippen molar-refractivity contribution in [2.45, 2.75) is 31.2 Å². The Morgan fingerprint density at radius 1 is 1.25 bits per heavy atom. The van der Waals surface area contributed by atoms with E-state index in [0.717, 1.165) is 25.7 Å². The lowest BCUT2D eigenvalue weighted by Crippen LogP contribution is -2.34. The Labute approximate surface area is 158 Å². The minimum absolute atomic E-state index is 0.0421. The Bertz CT molecular complexity index is 1170. The van der Waals surface area contributed by atoms with Gasteiger partial charge in [0, 0.05) is 0 Å². The quantitative estimate of drug-likeness (QED) is 0.545. The molecule has 10 heteroatoms. The molecule has 4 heterocycles. The number of carbonyl (C=O) groups excluding carboxylic acids is 1. The predicted octanol–water partition coefficient (Wildman–Crippen LogP) is 1.87. The first-order valence-corrected chi connectivity index (χ1v) is 8.90. The maximum Gasteiger partial charge on any atom is 0.275 e. The van der Waals surface area contributed by atoms with Crippen LogP contribution in [0.4, 0.5) is 0 Å². The number of furan rings is 1. The normalized spacial score (nSPS) is 16.0. The fraction of sp³-hybridized carbons (Fsp3) is 0.278. The standard InChI is InChI=1S/C18H17N7O3/c19-14(26)13-15-22-10(12-4-3-7-27-12)8-11(25(15)9-21-13)16-23-17(24-28-16)18(20)5-1-2-6-18/h3-4,7-9H,1-2,5-6,20H2,(H2,19,26). The largest absolute Gasteiger partial charge is 0.463 e. The molecule has 0 saturated heterocycles. The second-order valence-electron chi connectivity index (χ2n) is 6.94. The third-order valence-electron chi connectivity index (χ3n) is 5.09. The van der Waals surface area contributed by atoms with E-state index in [1.54, 1.807) is 22.6 Å². The van der Waals surface area contributed by atoms with Crippen LogP contribution in [-0.4, -0.2) is 30.4 Å². The van der Waals surface area contributed by atoms with Crippen LogP contribution in [0.25, 0.3) is 28.7 Å². The summed E-state index contributed by atoms with van der Waals surface area (Å²) in [4.78, 5) is 24.8. The van der Waals surface area contributed by atoms with E-state index in [1.165, 1.54) is 12.6 Å². The maximum absolute atomic E-state index is 11.8. The van der Waals surface area contributed by atoms with Crippen LogP contribution in [0.5, 0.6) is 0 Å². The molecule has 4 N–H and O–H groups in total. The van der Waals surface area contributed by atoms with E-state index in [2.05, 4.69) is 20.1 Å². The zero-order valence-corrected chi connectivity index (χ0v) is 14.8. The summed E-state index contributed by atoms with van der Waals surface area (Å²) in [6.07, 6.45) is 6.67. The number of fused-ring (bicyclic) bond motifs is 1. The number of primary amides is 1. The Hall–Kier alpha value is -3.53. The minimum Gasteiger partial charge on any atom is -0.463 e. The topological polar surface area (TPSA) is 151 Å². The molecule has 0 radical (unpaired) electrons. The molecule has 0 spiro atoms. The fourth-order valence-electron chi connectivity index (χ4n) is 3.62. The van der Waals surface area contributed by atoms with Crippen molar-refractivity contribution in [3.8, 4) is 23.0 Å². The zero-order valence-electron chi connectivity index (χ0n) is 14.8. The molecule has 142 valence electrons. The summed E-state index contributed by atoms with van der Waals surface area (Å²) in [5.41, 5.74) is 12.6. The van der Waals surface area contributed by atoms with E-state index < -0.39 is 11.4 Å². The Morgan fingerprint density at radius 2 is 2.07 bits per heavy atom. The molecule has 1 fully saturated rings. The summed E-state index contributed by atoms with van der Waals surface area (Å²) >= 11 is 0. The highest BCUT2D eigenvalue weighted by atomic mass is 16.5. The number of hydrogen-bond acceptors (Lipinski definition) is 8. The molecule has 28 heavy (non-hydrogen) atoms. The van der Waals surface area contributed by atoms with Crippen LogP contribution >= 0.6 is 0 Å².